The first-order valence-corrected chi connectivity index (χ1v) is 10.9. The Hall–Kier alpha value is -1.97. The standard InChI is InChI=1S/C22H14Cl2F3IN2O/c23-16-10-17(24)20(31-12-13-4-2-1-3-5-13)8-14(16)11-30-19-9-15(28)6-7-18(19)29-21(30)22(25,26)27/h1-10H,11-12H2. The topological polar surface area (TPSA) is 27.1 Å². The van der Waals surface area contributed by atoms with Gasteiger partial charge in [0.25, 0.3) is 0 Å². The van der Waals surface area contributed by atoms with E-state index in [1.165, 1.54) is 6.07 Å². The quantitative estimate of drug-likeness (QED) is 0.229. The first kappa shape index (κ1) is 22.2. The molecule has 0 saturated heterocycles. The summed E-state index contributed by atoms with van der Waals surface area (Å²) in [5, 5.41) is 0.531. The molecular weight excluding hydrogens is 563 g/mol. The van der Waals surface area contributed by atoms with Crippen molar-refractivity contribution in [3.63, 3.8) is 0 Å². The van der Waals surface area contributed by atoms with Gasteiger partial charge in [0, 0.05) is 8.59 Å². The van der Waals surface area contributed by atoms with E-state index in [4.69, 9.17) is 27.9 Å². The van der Waals surface area contributed by atoms with Gasteiger partial charge in [0.15, 0.2) is 0 Å². The minimum atomic E-state index is -4.62. The summed E-state index contributed by atoms with van der Waals surface area (Å²) in [5.41, 5.74) is 2.01. The van der Waals surface area contributed by atoms with Crippen LogP contribution in [-0.2, 0) is 19.3 Å². The van der Waals surface area contributed by atoms with Crippen LogP contribution >= 0.6 is 45.8 Å². The van der Waals surface area contributed by atoms with Crippen LogP contribution < -0.4 is 4.74 Å². The number of fused-ring (bicyclic) bond motifs is 1. The van der Waals surface area contributed by atoms with E-state index in [1.54, 1.807) is 24.3 Å². The highest BCUT2D eigenvalue weighted by Gasteiger charge is 2.37. The fourth-order valence-corrected chi connectivity index (χ4v) is 4.15. The van der Waals surface area contributed by atoms with Crippen molar-refractivity contribution < 1.29 is 17.9 Å². The summed E-state index contributed by atoms with van der Waals surface area (Å²) < 4.78 is 48.8. The molecule has 0 saturated carbocycles. The van der Waals surface area contributed by atoms with Crippen molar-refractivity contribution in [3.05, 3.63) is 91.2 Å². The number of alkyl halides is 3. The second-order valence-electron chi connectivity index (χ2n) is 6.80. The molecule has 4 rings (SSSR count). The SMILES string of the molecule is FC(F)(F)c1nc2ccc(I)cc2n1Cc1cc(OCc2ccccc2)c(Cl)cc1Cl. The van der Waals surface area contributed by atoms with E-state index in [1.807, 2.05) is 30.3 Å². The Kier molecular flexibility index (Phi) is 6.37. The molecule has 31 heavy (non-hydrogen) atoms. The van der Waals surface area contributed by atoms with E-state index >= 15 is 0 Å². The normalized spacial score (nSPS) is 11.8. The summed E-state index contributed by atoms with van der Waals surface area (Å²) in [5.74, 6) is -0.639. The molecule has 0 N–H and O–H groups in total. The average molecular weight is 577 g/mol. The molecule has 0 bridgehead atoms. The van der Waals surface area contributed by atoms with Crippen LogP contribution in [0.15, 0.2) is 60.7 Å². The molecule has 0 aliphatic carbocycles. The molecule has 1 heterocycles. The number of ether oxygens (including phenoxy) is 1. The van der Waals surface area contributed by atoms with Crippen LogP contribution in [0, 0.1) is 3.57 Å². The molecule has 4 aromatic rings. The van der Waals surface area contributed by atoms with E-state index in [0.717, 1.165) is 13.7 Å². The number of halogens is 6. The molecule has 0 unspecified atom stereocenters. The third-order valence-corrected chi connectivity index (χ3v) is 5.95. The molecule has 1 aromatic heterocycles. The van der Waals surface area contributed by atoms with Crippen LogP contribution in [0.25, 0.3) is 11.0 Å². The van der Waals surface area contributed by atoms with Gasteiger partial charge < -0.3 is 9.30 Å². The van der Waals surface area contributed by atoms with Crippen molar-refractivity contribution in [2.75, 3.05) is 0 Å². The van der Waals surface area contributed by atoms with Crippen LogP contribution in [0.3, 0.4) is 0 Å². The molecule has 3 nitrogen and oxygen atoms in total. The summed E-state index contributed by atoms with van der Waals surface area (Å²) in [6, 6.07) is 17.5. The second kappa shape index (κ2) is 8.88. The third-order valence-electron chi connectivity index (χ3n) is 4.63. The van der Waals surface area contributed by atoms with Crippen LogP contribution in [0.5, 0.6) is 5.75 Å². The monoisotopic (exact) mass is 576 g/mol. The van der Waals surface area contributed by atoms with E-state index < -0.39 is 12.0 Å². The smallest absolute Gasteiger partial charge is 0.449 e. The first-order valence-electron chi connectivity index (χ1n) is 9.10. The van der Waals surface area contributed by atoms with E-state index in [-0.39, 0.29) is 28.7 Å². The van der Waals surface area contributed by atoms with Crippen LogP contribution in [0.4, 0.5) is 13.2 Å². The van der Waals surface area contributed by atoms with E-state index in [0.29, 0.717) is 16.8 Å². The molecule has 9 heteroatoms. The zero-order valence-corrected chi connectivity index (χ0v) is 19.4. The van der Waals surface area contributed by atoms with Crippen molar-refractivity contribution in [1.29, 1.82) is 0 Å². The molecule has 3 aromatic carbocycles. The summed E-state index contributed by atoms with van der Waals surface area (Å²) in [7, 11) is 0. The Morgan fingerprint density at radius 1 is 0.968 bits per heavy atom. The highest BCUT2D eigenvalue weighted by Crippen LogP contribution is 2.36. The number of hydrogen-bond donors (Lipinski definition) is 0. The summed E-state index contributed by atoms with van der Waals surface area (Å²) in [6.07, 6.45) is -4.62. The molecule has 0 spiro atoms. The highest BCUT2D eigenvalue weighted by molar-refractivity contribution is 14.1. The predicted molar refractivity (Wildman–Crippen MR) is 124 cm³/mol. The van der Waals surface area contributed by atoms with Crippen molar-refractivity contribution >= 4 is 56.8 Å². The number of aromatic nitrogens is 2. The van der Waals surface area contributed by atoms with Gasteiger partial charge in [-0.1, -0.05) is 53.5 Å². The molecule has 0 radical (unpaired) electrons. The van der Waals surface area contributed by atoms with Crippen molar-refractivity contribution in [3.8, 4) is 5.75 Å². The first-order chi connectivity index (χ1) is 14.7. The van der Waals surface area contributed by atoms with E-state index in [9.17, 15) is 13.2 Å². The van der Waals surface area contributed by atoms with Gasteiger partial charge in [0.05, 0.1) is 22.6 Å². The Labute approximate surface area is 199 Å². The van der Waals surface area contributed by atoms with Crippen molar-refractivity contribution in [2.45, 2.75) is 19.3 Å². The molecule has 0 atom stereocenters. The van der Waals surface area contributed by atoms with Gasteiger partial charge in [-0.25, -0.2) is 4.98 Å². The van der Waals surface area contributed by atoms with Gasteiger partial charge in [-0.05, 0) is 64.0 Å². The molecule has 0 fully saturated rings. The van der Waals surface area contributed by atoms with Crippen LogP contribution in [-0.4, -0.2) is 9.55 Å². The highest BCUT2D eigenvalue weighted by atomic mass is 127. The lowest BCUT2D eigenvalue weighted by Crippen LogP contribution is -2.16. The molecule has 0 amide bonds. The predicted octanol–water partition coefficient (Wildman–Crippen LogP) is 7.59. The van der Waals surface area contributed by atoms with Gasteiger partial charge in [-0.3, -0.25) is 0 Å². The minimum Gasteiger partial charge on any atom is -0.487 e. The van der Waals surface area contributed by atoms with Gasteiger partial charge >= 0.3 is 6.18 Å². The maximum absolute atomic E-state index is 13.7. The Morgan fingerprint density at radius 2 is 1.71 bits per heavy atom. The maximum Gasteiger partial charge on any atom is 0.449 e. The molecule has 0 aliphatic heterocycles. The maximum atomic E-state index is 13.7. The molecule has 160 valence electrons. The van der Waals surface area contributed by atoms with Gasteiger partial charge in [0.1, 0.15) is 12.4 Å². The summed E-state index contributed by atoms with van der Waals surface area (Å²) in [6.45, 7) is 0.130. The fourth-order valence-electron chi connectivity index (χ4n) is 3.18. The number of nitrogens with zero attached hydrogens (tertiary/aromatic N) is 2. The van der Waals surface area contributed by atoms with Gasteiger partial charge in [-0.15, -0.1) is 0 Å². The second-order valence-corrected chi connectivity index (χ2v) is 8.86. The largest absolute Gasteiger partial charge is 0.487 e. The average Bonchev–Trinajstić information content (AvgIpc) is 3.08. The Bertz CT molecular complexity index is 1240. The van der Waals surface area contributed by atoms with E-state index in [2.05, 4.69) is 27.6 Å². The minimum absolute atomic E-state index is 0.136. The lowest BCUT2D eigenvalue weighted by atomic mass is 10.2. The summed E-state index contributed by atoms with van der Waals surface area (Å²) >= 11 is 14.6. The van der Waals surface area contributed by atoms with Crippen LogP contribution in [0.1, 0.15) is 17.0 Å². The summed E-state index contributed by atoms with van der Waals surface area (Å²) in [4.78, 5) is 3.80. The molecular formula is C22H14Cl2F3IN2O. The number of hydrogen-bond acceptors (Lipinski definition) is 2. The lowest BCUT2D eigenvalue weighted by Gasteiger charge is -2.15. The van der Waals surface area contributed by atoms with Gasteiger partial charge in [0.2, 0.25) is 5.82 Å². The number of benzene rings is 3. The third kappa shape index (κ3) is 4.94. The lowest BCUT2D eigenvalue weighted by molar-refractivity contribution is -0.146. The number of rotatable bonds is 5. The van der Waals surface area contributed by atoms with Gasteiger partial charge in [-0.2, -0.15) is 13.2 Å². The zero-order chi connectivity index (χ0) is 22.2. The number of imidazole rings is 1. The van der Waals surface area contributed by atoms with Crippen molar-refractivity contribution in [2.24, 2.45) is 0 Å². The Balaban J connectivity index is 1.72. The fraction of sp³-hybridized carbons (Fsp3) is 0.136. The molecule has 0 aliphatic rings. The van der Waals surface area contributed by atoms with Crippen LogP contribution in [0.2, 0.25) is 10.0 Å². The Morgan fingerprint density at radius 3 is 2.42 bits per heavy atom. The zero-order valence-electron chi connectivity index (χ0n) is 15.8. The van der Waals surface area contributed by atoms with Crippen molar-refractivity contribution in [1.82, 2.24) is 9.55 Å².